The quantitative estimate of drug-likeness (QED) is 0.913. The van der Waals surface area contributed by atoms with Gasteiger partial charge in [-0.05, 0) is 25.2 Å². The summed E-state index contributed by atoms with van der Waals surface area (Å²) in [7, 11) is 0. The molecule has 6 nitrogen and oxygen atoms in total. The van der Waals surface area contributed by atoms with E-state index in [1.807, 2.05) is 13.8 Å². The Morgan fingerprint density at radius 1 is 1.52 bits per heavy atom. The molecular formula is C16H22N2O4S. The summed E-state index contributed by atoms with van der Waals surface area (Å²) < 4.78 is 5.60. The van der Waals surface area contributed by atoms with Crippen molar-refractivity contribution in [2.45, 2.75) is 39.2 Å². The first kappa shape index (κ1) is 16.4. The molecule has 23 heavy (non-hydrogen) atoms. The third-order valence-corrected chi connectivity index (χ3v) is 6.00. The summed E-state index contributed by atoms with van der Waals surface area (Å²) in [4.78, 5) is 30.4. The number of carboxylic acids is 1. The van der Waals surface area contributed by atoms with Crippen molar-refractivity contribution in [3.63, 3.8) is 0 Å². The van der Waals surface area contributed by atoms with Crippen molar-refractivity contribution in [1.82, 2.24) is 9.88 Å². The van der Waals surface area contributed by atoms with Gasteiger partial charge < -0.3 is 14.7 Å². The van der Waals surface area contributed by atoms with E-state index in [0.29, 0.717) is 18.7 Å². The molecule has 0 bridgehead atoms. The van der Waals surface area contributed by atoms with Crippen LogP contribution in [0.25, 0.3) is 0 Å². The molecule has 2 saturated heterocycles. The Kier molecular flexibility index (Phi) is 4.42. The van der Waals surface area contributed by atoms with Crippen LogP contribution >= 0.6 is 11.3 Å². The van der Waals surface area contributed by atoms with Crippen LogP contribution in [0.5, 0.6) is 0 Å². The molecule has 0 aromatic carbocycles. The lowest BCUT2D eigenvalue weighted by Gasteiger charge is -2.28. The van der Waals surface area contributed by atoms with Crippen molar-refractivity contribution >= 4 is 23.2 Å². The first-order valence-corrected chi connectivity index (χ1v) is 8.92. The van der Waals surface area contributed by atoms with Crippen molar-refractivity contribution in [1.29, 1.82) is 0 Å². The van der Waals surface area contributed by atoms with E-state index in [1.165, 1.54) is 11.3 Å². The molecule has 2 atom stereocenters. The van der Waals surface area contributed by atoms with Gasteiger partial charge in [0.25, 0.3) is 5.91 Å². The van der Waals surface area contributed by atoms with Gasteiger partial charge in [0.2, 0.25) is 0 Å². The normalized spacial score (nSPS) is 27.8. The van der Waals surface area contributed by atoms with Crippen molar-refractivity contribution in [3.8, 4) is 0 Å². The van der Waals surface area contributed by atoms with E-state index in [2.05, 4.69) is 4.98 Å². The number of likely N-dealkylation sites (tertiary alicyclic amines) is 1. The lowest BCUT2D eigenvalue weighted by Crippen LogP contribution is -2.40. The summed E-state index contributed by atoms with van der Waals surface area (Å²) in [5, 5.41) is 12.2. The van der Waals surface area contributed by atoms with E-state index in [1.54, 1.807) is 10.3 Å². The number of hydrogen-bond donors (Lipinski definition) is 1. The van der Waals surface area contributed by atoms with Crippen molar-refractivity contribution < 1.29 is 19.4 Å². The summed E-state index contributed by atoms with van der Waals surface area (Å²) >= 11 is 1.45. The molecule has 2 fully saturated rings. The second kappa shape index (κ2) is 6.20. The molecule has 1 aromatic heterocycles. The van der Waals surface area contributed by atoms with Crippen LogP contribution in [0.15, 0.2) is 5.38 Å². The van der Waals surface area contributed by atoms with Gasteiger partial charge in [-0.2, -0.15) is 0 Å². The van der Waals surface area contributed by atoms with Crippen LogP contribution < -0.4 is 0 Å². The van der Waals surface area contributed by atoms with Crippen molar-refractivity contribution in [2.24, 2.45) is 11.3 Å². The Morgan fingerprint density at radius 2 is 2.30 bits per heavy atom. The fraction of sp³-hybridized carbons (Fsp3) is 0.688. The second-order valence-corrected chi connectivity index (χ2v) is 7.56. The number of aliphatic carboxylic acids is 1. The highest BCUT2D eigenvalue weighted by Crippen LogP contribution is 2.39. The molecule has 1 amide bonds. The van der Waals surface area contributed by atoms with Gasteiger partial charge in [-0.25, -0.2) is 4.98 Å². The van der Waals surface area contributed by atoms with Gasteiger partial charge in [0.1, 0.15) is 16.8 Å². The molecule has 2 aliphatic rings. The average molecular weight is 338 g/mol. The minimum Gasteiger partial charge on any atom is -0.481 e. The third kappa shape index (κ3) is 2.87. The van der Waals surface area contributed by atoms with Crippen molar-refractivity contribution in [3.05, 3.63) is 16.1 Å². The van der Waals surface area contributed by atoms with Crippen LogP contribution in [0.3, 0.4) is 0 Å². The molecule has 0 aliphatic carbocycles. The highest BCUT2D eigenvalue weighted by molar-refractivity contribution is 7.09. The smallest absolute Gasteiger partial charge is 0.311 e. The third-order valence-electron chi connectivity index (χ3n) is 5.07. The van der Waals surface area contributed by atoms with Gasteiger partial charge in [-0.3, -0.25) is 9.59 Å². The predicted molar refractivity (Wildman–Crippen MR) is 85.5 cm³/mol. The molecule has 1 N–H and O–H groups in total. The van der Waals surface area contributed by atoms with E-state index in [-0.39, 0.29) is 24.5 Å². The summed E-state index contributed by atoms with van der Waals surface area (Å²) in [6.07, 6.45) is 2.47. The topological polar surface area (TPSA) is 79.7 Å². The van der Waals surface area contributed by atoms with Crippen LogP contribution in [-0.4, -0.2) is 46.6 Å². The molecule has 3 rings (SSSR count). The SMILES string of the molecule is CC(C)C1(C(=O)O)CCN(C(=O)c2csc(C3CCCO3)n2)C1. The number of nitrogens with zero attached hydrogens (tertiary/aromatic N) is 2. The number of ether oxygens (including phenoxy) is 1. The number of amides is 1. The van der Waals surface area contributed by atoms with Crippen LogP contribution in [0, 0.1) is 11.3 Å². The molecule has 0 radical (unpaired) electrons. The molecule has 126 valence electrons. The molecule has 3 heterocycles. The van der Waals surface area contributed by atoms with Gasteiger partial charge in [-0.1, -0.05) is 13.8 Å². The fourth-order valence-electron chi connectivity index (χ4n) is 3.37. The number of aromatic nitrogens is 1. The molecule has 7 heteroatoms. The van der Waals surface area contributed by atoms with E-state index in [9.17, 15) is 14.7 Å². The van der Waals surface area contributed by atoms with Gasteiger partial charge in [-0.15, -0.1) is 11.3 Å². The number of rotatable bonds is 4. The maximum Gasteiger partial charge on any atom is 0.311 e. The largest absolute Gasteiger partial charge is 0.481 e. The van der Waals surface area contributed by atoms with Crippen LogP contribution in [0.1, 0.15) is 54.7 Å². The van der Waals surface area contributed by atoms with E-state index in [0.717, 1.165) is 24.5 Å². The van der Waals surface area contributed by atoms with Gasteiger partial charge >= 0.3 is 5.97 Å². The summed E-state index contributed by atoms with van der Waals surface area (Å²) in [5.41, 5.74) is -0.436. The molecule has 0 saturated carbocycles. The predicted octanol–water partition coefficient (Wildman–Crippen LogP) is 2.57. The maximum atomic E-state index is 12.6. The van der Waals surface area contributed by atoms with Gasteiger partial charge in [0.15, 0.2) is 0 Å². The Morgan fingerprint density at radius 3 is 2.87 bits per heavy atom. The zero-order valence-electron chi connectivity index (χ0n) is 13.4. The number of thiazole rings is 1. The van der Waals surface area contributed by atoms with Gasteiger partial charge in [0, 0.05) is 25.1 Å². The minimum atomic E-state index is -0.844. The molecule has 1 aromatic rings. The Labute approximate surface area is 139 Å². The summed E-state index contributed by atoms with van der Waals surface area (Å²) in [5.74, 6) is -1.01. The first-order chi connectivity index (χ1) is 10.9. The standard InChI is InChI=1S/C16H22N2O4S/c1-10(2)16(15(20)21)5-6-18(9-16)14(19)11-8-23-13(17-11)12-4-3-7-22-12/h8,10,12H,3-7,9H2,1-2H3,(H,20,21). The summed E-state index contributed by atoms with van der Waals surface area (Å²) in [6.45, 7) is 5.28. The van der Waals surface area contributed by atoms with Crippen molar-refractivity contribution in [2.75, 3.05) is 19.7 Å². The number of carbonyl (C=O) groups is 2. The Hall–Kier alpha value is -1.47. The average Bonchev–Trinajstić information content (AvgIpc) is 3.25. The highest BCUT2D eigenvalue weighted by Gasteiger charge is 2.48. The minimum absolute atomic E-state index is 0.00824. The number of hydrogen-bond acceptors (Lipinski definition) is 5. The lowest BCUT2D eigenvalue weighted by molar-refractivity contribution is -0.150. The van der Waals surface area contributed by atoms with E-state index in [4.69, 9.17) is 4.74 Å². The summed E-state index contributed by atoms with van der Waals surface area (Å²) in [6, 6.07) is 0. The fourth-order valence-corrected chi connectivity index (χ4v) is 4.24. The molecular weight excluding hydrogens is 316 g/mol. The molecule has 2 aliphatic heterocycles. The van der Waals surface area contributed by atoms with Gasteiger partial charge in [0.05, 0.1) is 5.41 Å². The first-order valence-electron chi connectivity index (χ1n) is 8.04. The second-order valence-electron chi connectivity index (χ2n) is 6.67. The molecule has 0 spiro atoms. The number of carbonyl (C=O) groups excluding carboxylic acids is 1. The maximum absolute atomic E-state index is 12.6. The van der Waals surface area contributed by atoms with Crippen LogP contribution in [0.2, 0.25) is 0 Å². The van der Waals surface area contributed by atoms with E-state index >= 15 is 0 Å². The zero-order valence-corrected chi connectivity index (χ0v) is 14.3. The molecule has 2 unspecified atom stereocenters. The Balaban J connectivity index is 1.73. The highest BCUT2D eigenvalue weighted by atomic mass is 32.1. The number of carboxylic acid groups (broad SMARTS) is 1. The van der Waals surface area contributed by atoms with Crippen LogP contribution in [0.4, 0.5) is 0 Å². The zero-order chi connectivity index (χ0) is 16.6. The van der Waals surface area contributed by atoms with Crippen LogP contribution in [-0.2, 0) is 9.53 Å². The monoisotopic (exact) mass is 338 g/mol. The Bertz CT molecular complexity index is 609. The lowest BCUT2D eigenvalue weighted by atomic mass is 9.76. The van der Waals surface area contributed by atoms with E-state index < -0.39 is 11.4 Å².